The maximum absolute atomic E-state index is 12.5. The molecule has 22 heavy (non-hydrogen) atoms. The van der Waals surface area contributed by atoms with Crippen LogP contribution < -0.4 is 5.32 Å². The molecule has 0 saturated heterocycles. The van der Waals surface area contributed by atoms with Gasteiger partial charge in [0.25, 0.3) is 0 Å². The Hall–Kier alpha value is -1.89. The maximum Gasteiger partial charge on any atom is 0.235 e. The van der Waals surface area contributed by atoms with Crippen molar-refractivity contribution >= 4 is 45.1 Å². The summed E-state index contributed by atoms with van der Waals surface area (Å²) in [6.45, 7) is 0. The number of rotatable bonds is 1. The highest BCUT2D eigenvalue weighted by Gasteiger charge is 2.65. The van der Waals surface area contributed by atoms with Crippen LogP contribution in [0.5, 0.6) is 0 Å². The number of carbonyl (C=O) groups is 1. The van der Waals surface area contributed by atoms with E-state index in [4.69, 9.17) is 0 Å². The van der Waals surface area contributed by atoms with E-state index in [9.17, 15) is 4.79 Å². The van der Waals surface area contributed by atoms with Gasteiger partial charge in [0.05, 0.1) is 10.9 Å². The molecule has 2 N–H and O–H groups in total. The number of nitrogens with one attached hydrogen (secondary N) is 2. The van der Waals surface area contributed by atoms with Gasteiger partial charge in [-0.25, -0.2) is 0 Å². The van der Waals surface area contributed by atoms with Crippen LogP contribution >= 0.6 is 22.6 Å². The zero-order valence-corrected chi connectivity index (χ0v) is 13.7. The van der Waals surface area contributed by atoms with E-state index < -0.39 is 0 Å². The molecule has 2 atom stereocenters. The fourth-order valence-corrected chi connectivity index (χ4v) is 4.36. The van der Waals surface area contributed by atoms with Crippen molar-refractivity contribution in [1.82, 2.24) is 10.2 Å². The SMILES string of the molecule is O=C1Nc2ccccc2C12C[C@H]2c1ccc2c(I)n[nH]c2c1. The molecular formula is C17H12IN3O. The zero-order valence-electron chi connectivity index (χ0n) is 11.6. The van der Waals surface area contributed by atoms with Crippen LogP contribution in [0.15, 0.2) is 42.5 Å². The number of anilines is 1. The third-order valence-electron chi connectivity index (χ3n) is 4.96. The first-order valence-corrected chi connectivity index (χ1v) is 8.32. The molecule has 2 aromatic carbocycles. The predicted molar refractivity (Wildman–Crippen MR) is 92.9 cm³/mol. The molecule has 2 heterocycles. The average Bonchev–Trinajstić information content (AvgIpc) is 3.10. The first kappa shape index (κ1) is 12.6. The largest absolute Gasteiger partial charge is 0.325 e. The van der Waals surface area contributed by atoms with E-state index in [1.165, 1.54) is 5.56 Å². The molecule has 1 fully saturated rings. The Kier molecular flexibility index (Phi) is 2.35. The fraction of sp³-hybridized carbons (Fsp3) is 0.176. The van der Waals surface area contributed by atoms with Crippen LogP contribution in [0.25, 0.3) is 10.9 Å². The molecule has 1 saturated carbocycles. The van der Waals surface area contributed by atoms with Crippen molar-refractivity contribution in [2.75, 3.05) is 5.32 Å². The van der Waals surface area contributed by atoms with Crippen molar-refractivity contribution < 1.29 is 4.79 Å². The van der Waals surface area contributed by atoms with Gasteiger partial charge in [-0.15, -0.1) is 0 Å². The molecule has 1 unspecified atom stereocenters. The Balaban J connectivity index is 1.62. The number of nitrogens with zero attached hydrogens (tertiary/aromatic N) is 1. The van der Waals surface area contributed by atoms with Gasteiger partial charge >= 0.3 is 0 Å². The van der Waals surface area contributed by atoms with E-state index in [1.807, 2.05) is 18.2 Å². The molecule has 1 amide bonds. The van der Waals surface area contributed by atoms with Gasteiger partial charge in [0.15, 0.2) is 0 Å². The summed E-state index contributed by atoms with van der Waals surface area (Å²) >= 11 is 2.23. The van der Waals surface area contributed by atoms with Crippen molar-refractivity contribution in [2.24, 2.45) is 0 Å². The average molecular weight is 401 g/mol. The van der Waals surface area contributed by atoms with Gasteiger partial charge in [-0.05, 0) is 58.3 Å². The van der Waals surface area contributed by atoms with E-state index in [0.29, 0.717) is 0 Å². The first-order valence-electron chi connectivity index (χ1n) is 7.24. The lowest BCUT2D eigenvalue weighted by molar-refractivity contribution is -0.118. The molecular weight excluding hydrogens is 389 g/mol. The number of halogens is 1. The van der Waals surface area contributed by atoms with Gasteiger partial charge < -0.3 is 5.32 Å². The summed E-state index contributed by atoms with van der Waals surface area (Å²) in [4.78, 5) is 12.5. The number of benzene rings is 2. The van der Waals surface area contributed by atoms with Gasteiger partial charge in [0, 0.05) is 17.0 Å². The van der Waals surface area contributed by atoms with Crippen LogP contribution in [0.1, 0.15) is 23.5 Å². The number of aromatic amines is 1. The lowest BCUT2D eigenvalue weighted by atomic mass is 9.92. The zero-order chi connectivity index (χ0) is 14.9. The Morgan fingerprint density at radius 1 is 1.23 bits per heavy atom. The minimum atomic E-state index is -0.364. The normalized spacial score (nSPS) is 25.5. The minimum absolute atomic E-state index is 0.137. The standard InChI is InChI=1S/C17H12IN3O/c18-15-10-6-5-9(7-14(10)20-21-15)12-8-17(12)11-3-1-2-4-13(11)19-16(17)22/h1-7,12H,8H2,(H,19,22)(H,20,21)/t12-,17?/m0/s1. The summed E-state index contributed by atoms with van der Waals surface area (Å²) in [6, 6.07) is 14.4. The molecule has 0 radical (unpaired) electrons. The van der Waals surface area contributed by atoms with Crippen LogP contribution in [-0.4, -0.2) is 16.1 Å². The monoisotopic (exact) mass is 401 g/mol. The van der Waals surface area contributed by atoms with Gasteiger partial charge in [0.2, 0.25) is 5.91 Å². The third kappa shape index (κ3) is 1.47. The molecule has 2 aliphatic rings. The van der Waals surface area contributed by atoms with Crippen molar-refractivity contribution in [2.45, 2.75) is 17.8 Å². The maximum atomic E-state index is 12.5. The highest BCUT2D eigenvalue weighted by atomic mass is 127. The molecule has 5 rings (SSSR count). The molecule has 1 aliphatic carbocycles. The molecule has 4 nitrogen and oxygen atoms in total. The molecule has 5 heteroatoms. The smallest absolute Gasteiger partial charge is 0.235 e. The third-order valence-corrected chi connectivity index (χ3v) is 5.79. The number of aromatic nitrogens is 2. The van der Waals surface area contributed by atoms with Crippen LogP contribution in [0.4, 0.5) is 5.69 Å². The number of amides is 1. The van der Waals surface area contributed by atoms with Crippen molar-refractivity contribution in [3.8, 4) is 0 Å². The lowest BCUT2D eigenvalue weighted by Gasteiger charge is -2.08. The number of carbonyl (C=O) groups excluding carboxylic acids is 1. The second-order valence-electron chi connectivity index (χ2n) is 6.05. The van der Waals surface area contributed by atoms with Crippen LogP contribution in [-0.2, 0) is 10.2 Å². The Labute approximate surface area is 140 Å². The van der Waals surface area contributed by atoms with E-state index in [-0.39, 0.29) is 17.2 Å². The van der Waals surface area contributed by atoms with Crippen molar-refractivity contribution in [1.29, 1.82) is 0 Å². The summed E-state index contributed by atoms with van der Waals surface area (Å²) in [6.07, 6.45) is 0.882. The van der Waals surface area contributed by atoms with Gasteiger partial charge in [-0.2, -0.15) is 5.10 Å². The molecule has 1 aromatic heterocycles. The highest BCUT2D eigenvalue weighted by molar-refractivity contribution is 14.1. The summed E-state index contributed by atoms with van der Waals surface area (Å²) < 4.78 is 0.980. The van der Waals surface area contributed by atoms with E-state index in [2.05, 4.69) is 62.4 Å². The number of H-pyrrole nitrogens is 1. The molecule has 1 spiro atoms. The summed E-state index contributed by atoms with van der Waals surface area (Å²) in [5.74, 6) is 0.388. The second kappa shape index (κ2) is 4.10. The van der Waals surface area contributed by atoms with Crippen LogP contribution in [0, 0.1) is 3.70 Å². The van der Waals surface area contributed by atoms with Gasteiger partial charge in [-0.1, -0.05) is 24.3 Å². The Morgan fingerprint density at radius 3 is 3.00 bits per heavy atom. The second-order valence-corrected chi connectivity index (χ2v) is 7.07. The predicted octanol–water partition coefficient (Wildman–Crippen LogP) is 3.54. The molecule has 0 bridgehead atoms. The van der Waals surface area contributed by atoms with Gasteiger partial charge in [-0.3, -0.25) is 9.89 Å². The molecule has 108 valence electrons. The number of hydrogen-bond acceptors (Lipinski definition) is 2. The Morgan fingerprint density at radius 2 is 2.09 bits per heavy atom. The van der Waals surface area contributed by atoms with E-state index in [1.54, 1.807) is 0 Å². The fourth-order valence-electron chi connectivity index (χ4n) is 3.77. The Bertz CT molecular complexity index is 948. The first-order chi connectivity index (χ1) is 10.7. The summed E-state index contributed by atoms with van der Waals surface area (Å²) in [5, 5.41) is 11.5. The molecule has 3 aromatic rings. The number of fused-ring (bicyclic) bond motifs is 3. The van der Waals surface area contributed by atoms with Crippen molar-refractivity contribution in [3.05, 3.63) is 57.3 Å². The minimum Gasteiger partial charge on any atom is -0.325 e. The highest BCUT2D eigenvalue weighted by Crippen LogP contribution is 2.64. The van der Waals surface area contributed by atoms with E-state index in [0.717, 1.165) is 32.3 Å². The number of hydrogen-bond donors (Lipinski definition) is 2. The molecule has 1 aliphatic heterocycles. The summed E-state index contributed by atoms with van der Waals surface area (Å²) in [7, 11) is 0. The quantitative estimate of drug-likeness (QED) is 0.613. The lowest BCUT2D eigenvalue weighted by Crippen LogP contribution is -2.20. The van der Waals surface area contributed by atoms with E-state index >= 15 is 0 Å². The van der Waals surface area contributed by atoms with Crippen LogP contribution in [0.2, 0.25) is 0 Å². The topological polar surface area (TPSA) is 57.8 Å². The number of para-hydroxylation sites is 1. The summed E-state index contributed by atoms with van der Waals surface area (Å²) in [5.41, 5.74) is 3.99. The van der Waals surface area contributed by atoms with Gasteiger partial charge in [0.1, 0.15) is 3.70 Å². The van der Waals surface area contributed by atoms with Crippen molar-refractivity contribution in [3.63, 3.8) is 0 Å². The van der Waals surface area contributed by atoms with Crippen LogP contribution in [0.3, 0.4) is 0 Å².